The Morgan fingerprint density at radius 2 is 1.00 bits per heavy atom. The monoisotopic (exact) mass is 1060 g/mol. The minimum atomic E-state index is -1.02. The number of hydrogen-bond acceptors (Lipinski definition) is 15. The summed E-state index contributed by atoms with van der Waals surface area (Å²) < 4.78 is 39.7. The van der Waals surface area contributed by atoms with Crippen molar-refractivity contribution in [2.75, 3.05) is 39.3 Å². The highest BCUT2D eigenvalue weighted by molar-refractivity contribution is 6.07. The van der Waals surface area contributed by atoms with Gasteiger partial charge >= 0.3 is 36.6 Å². The Kier molecular flexibility index (Phi) is 24.8. The zero-order valence-electron chi connectivity index (χ0n) is 48.4. The first-order valence-corrected chi connectivity index (χ1v) is 26.1. The number of carbonyl (C=O) groups excluding carboxylic acids is 6. The van der Waals surface area contributed by atoms with E-state index in [2.05, 4.69) is 25.6 Å². The van der Waals surface area contributed by atoms with E-state index in [0.29, 0.717) is 56.8 Å². The Morgan fingerprint density at radius 1 is 0.560 bits per heavy atom. The molecule has 1 aromatic carbocycles. The Labute approximate surface area is 446 Å². The van der Waals surface area contributed by atoms with Crippen LogP contribution in [0.4, 0.5) is 28.8 Å². The second-order valence-corrected chi connectivity index (χ2v) is 24.0. The van der Waals surface area contributed by atoms with E-state index >= 15 is 0 Å². The van der Waals surface area contributed by atoms with Gasteiger partial charge in [-0.15, -0.1) is 4.99 Å². The molecule has 0 spiro atoms. The van der Waals surface area contributed by atoms with Gasteiger partial charge in [0.2, 0.25) is 11.9 Å². The summed E-state index contributed by atoms with van der Waals surface area (Å²) in [6.07, 6.45) is 0.813. The first kappa shape index (κ1) is 65.0. The number of carbonyl (C=O) groups is 6. The molecule has 0 fully saturated rings. The molecule has 21 nitrogen and oxygen atoms in total. The number of guanidine groups is 2. The molecule has 0 unspecified atom stereocenters. The molecule has 1 aromatic rings. The second-order valence-electron chi connectivity index (χ2n) is 24.0. The maximum absolute atomic E-state index is 14.2. The van der Waals surface area contributed by atoms with Crippen molar-refractivity contribution >= 4 is 54.3 Å². The van der Waals surface area contributed by atoms with Gasteiger partial charge in [0.05, 0.1) is 6.61 Å². The van der Waals surface area contributed by atoms with Gasteiger partial charge in [-0.2, -0.15) is 0 Å². The minimum Gasteiger partial charge on any atom is -0.494 e. The lowest BCUT2D eigenvalue weighted by Gasteiger charge is -2.34. The van der Waals surface area contributed by atoms with Crippen molar-refractivity contribution in [3.8, 4) is 5.75 Å². The number of nitrogens with zero attached hydrogens (tertiary/aromatic N) is 6. The van der Waals surface area contributed by atoms with Gasteiger partial charge in [-0.25, -0.2) is 38.6 Å². The lowest BCUT2D eigenvalue weighted by Crippen LogP contribution is -2.53. The number of amidine groups is 1. The Morgan fingerprint density at radius 3 is 1.47 bits per heavy atom. The number of rotatable bonds is 16. The van der Waals surface area contributed by atoms with E-state index in [1.807, 2.05) is 32.9 Å². The van der Waals surface area contributed by atoms with Gasteiger partial charge < -0.3 is 33.2 Å². The van der Waals surface area contributed by atoms with Crippen molar-refractivity contribution in [3.05, 3.63) is 29.8 Å². The Bertz CT molecular complexity index is 2100. The van der Waals surface area contributed by atoms with Crippen LogP contribution in [0.1, 0.15) is 188 Å². The summed E-state index contributed by atoms with van der Waals surface area (Å²) in [5.41, 5.74) is -4.32. The standard InChI is InChI=1S/C54H90N8O13/c1-49(2,3)70-43(63)57-41(58-44(64)71-50(4,5)6)56-32-23-21-19-20-22-24-34-61(47(67)74-53(13,14)15)42(59-45(65)72-51(7,8)9)62(48(68)75-54(16,17)18)35-25-26-37-69-39-30-28-38(29-31-39)40-55-33-27-36-60(40)46(66)73-52(10,11)12/h28-31H,19-27,32-37H2,1-18H3,(H2,56,57,58,63,64). The Hall–Kier alpha value is -6.15. The van der Waals surface area contributed by atoms with Crippen molar-refractivity contribution in [1.29, 1.82) is 0 Å². The molecule has 2 rings (SSSR count). The summed E-state index contributed by atoms with van der Waals surface area (Å²) in [7, 11) is 0. The van der Waals surface area contributed by atoms with Gasteiger partial charge in [0.1, 0.15) is 45.2 Å². The SMILES string of the molecule is CC(C)(C)OC(=O)N=C(N(CCCCCCCCN=C(NC(=O)OC(C)(C)C)NC(=O)OC(C)(C)C)C(=O)OC(C)(C)C)N(CCCCOc1ccc(C2=NCCCN2C(=O)OC(C)(C)C)cc1)C(=O)OC(C)(C)C. The lowest BCUT2D eigenvalue weighted by molar-refractivity contribution is 0.0266. The van der Waals surface area contributed by atoms with Gasteiger partial charge in [-0.05, 0) is 181 Å². The third kappa shape index (κ3) is 28.9. The van der Waals surface area contributed by atoms with Gasteiger partial charge in [0.15, 0.2) is 0 Å². The third-order valence-electron chi connectivity index (χ3n) is 9.42. The highest BCUT2D eigenvalue weighted by Gasteiger charge is 2.36. The van der Waals surface area contributed by atoms with E-state index in [9.17, 15) is 28.8 Å². The predicted molar refractivity (Wildman–Crippen MR) is 288 cm³/mol. The molecule has 1 aliphatic rings. The van der Waals surface area contributed by atoms with Crippen LogP contribution in [0.3, 0.4) is 0 Å². The highest BCUT2D eigenvalue weighted by atomic mass is 16.6. The molecule has 6 amide bonds. The number of aliphatic imine (C=N–C) groups is 3. The first-order chi connectivity index (χ1) is 34.4. The van der Waals surface area contributed by atoms with Crippen molar-refractivity contribution in [1.82, 2.24) is 25.3 Å². The summed E-state index contributed by atoms with van der Waals surface area (Å²) in [4.78, 5) is 97.0. The highest BCUT2D eigenvalue weighted by Crippen LogP contribution is 2.22. The molecule has 0 aromatic heterocycles. The fourth-order valence-corrected chi connectivity index (χ4v) is 6.61. The molecule has 424 valence electrons. The number of ether oxygens (including phenoxy) is 7. The number of amides is 6. The molecule has 0 aliphatic carbocycles. The normalized spacial score (nSPS) is 13.6. The number of nitrogens with one attached hydrogen (secondary N) is 2. The number of unbranched alkanes of at least 4 members (excludes halogenated alkanes) is 6. The lowest BCUT2D eigenvalue weighted by atomic mass is 10.1. The van der Waals surface area contributed by atoms with Crippen molar-refractivity contribution in [3.63, 3.8) is 0 Å². The van der Waals surface area contributed by atoms with E-state index in [0.717, 1.165) is 31.2 Å². The molecular weight excluding hydrogens is 969 g/mol. The third-order valence-corrected chi connectivity index (χ3v) is 9.42. The maximum atomic E-state index is 14.2. The molecule has 2 N–H and O–H groups in total. The van der Waals surface area contributed by atoms with Crippen molar-refractivity contribution in [2.24, 2.45) is 15.0 Å². The van der Waals surface area contributed by atoms with Crippen LogP contribution < -0.4 is 15.4 Å². The van der Waals surface area contributed by atoms with Crippen LogP contribution in [-0.2, 0) is 28.4 Å². The van der Waals surface area contributed by atoms with E-state index in [-0.39, 0.29) is 38.2 Å². The average Bonchev–Trinajstić information content (AvgIpc) is 3.21. The smallest absolute Gasteiger partial charge is 0.437 e. The van der Waals surface area contributed by atoms with Crippen LogP contribution in [0, 0.1) is 0 Å². The van der Waals surface area contributed by atoms with Crippen molar-refractivity contribution < 1.29 is 61.9 Å². The zero-order chi connectivity index (χ0) is 57.0. The van der Waals surface area contributed by atoms with Crippen LogP contribution in [0.5, 0.6) is 5.75 Å². The number of alkyl carbamates (subject to hydrolysis) is 2. The molecule has 0 saturated carbocycles. The predicted octanol–water partition coefficient (Wildman–Crippen LogP) is 11.7. The summed E-state index contributed by atoms with van der Waals surface area (Å²) >= 11 is 0. The number of hydrogen-bond donors (Lipinski definition) is 2. The maximum Gasteiger partial charge on any atom is 0.437 e. The molecule has 0 atom stereocenters. The van der Waals surface area contributed by atoms with Crippen LogP contribution in [0.15, 0.2) is 39.2 Å². The largest absolute Gasteiger partial charge is 0.494 e. The van der Waals surface area contributed by atoms with Gasteiger partial charge in [-0.3, -0.25) is 25.5 Å². The molecule has 1 heterocycles. The second kappa shape index (κ2) is 28.7. The van der Waals surface area contributed by atoms with E-state index < -0.39 is 70.2 Å². The van der Waals surface area contributed by atoms with E-state index in [1.54, 1.807) is 121 Å². The van der Waals surface area contributed by atoms with Crippen molar-refractivity contribution in [2.45, 2.75) is 216 Å². The zero-order valence-corrected chi connectivity index (χ0v) is 48.4. The van der Waals surface area contributed by atoms with E-state index in [4.69, 9.17) is 33.2 Å². The fraction of sp³-hybridized carbons (Fsp3) is 0.722. The Balaban J connectivity index is 2.28. The topological polar surface area (TPSA) is 238 Å². The molecular formula is C54H90N8O13. The van der Waals surface area contributed by atoms with Gasteiger partial charge in [-0.1, -0.05) is 25.7 Å². The van der Waals surface area contributed by atoms with Crippen LogP contribution in [0.25, 0.3) is 0 Å². The van der Waals surface area contributed by atoms with Crippen LogP contribution in [0.2, 0.25) is 0 Å². The minimum absolute atomic E-state index is 0.0246. The number of benzene rings is 1. The molecule has 0 radical (unpaired) electrons. The summed E-state index contributed by atoms with van der Waals surface area (Å²) in [6.45, 7) is 32.7. The summed E-state index contributed by atoms with van der Waals surface area (Å²) in [6, 6.07) is 7.26. The van der Waals surface area contributed by atoms with E-state index in [1.165, 1.54) is 9.80 Å². The van der Waals surface area contributed by atoms with Gasteiger partial charge in [0.25, 0.3) is 0 Å². The van der Waals surface area contributed by atoms with Crippen LogP contribution >= 0.6 is 0 Å². The quantitative estimate of drug-likeness (QED) is 0.0679. The summed E-state index contributed by atoms with van der Waals surface area (Å²) in [5, 5.41) is 4.97. The molecule has 0 bridgehead atoms. The van der Waals surface area contributed by atoms with Gasteiger partial charge in [0, 0.05) is 38.3 Å². The fourth-order valence-electron chi connectivity index (χ4n) is 6.61. The summed E-state index contributed by atoms with van der Waals surface area (Å²) in [5.74, 6) is 0.713. The van der Waals surface area contributed by atoms with Crippen LogP contribution in [-0.4, -0.2) is 142 Å². The molecule has 75 heavy (non-hydrogen) atoms. The average molecular weight is 1060 g/mol. The first-order valence-electron chi connectivity index (χ1n) is 26.1. The molecule has 0 saturated heterocycles. The molecule has 1 aliphatic heterocycles. The molecule has 21 heteroatoms.